The molecule has 1 aromatic carbocycles. The summed E-state index contributed by atoms with van der Waals surface area (Å²) in [5.41, 5.74) is 1.42. The summed E-state index contributed by atoms with van der Waals surface area (Å²) in [4.78, 5) is 2.87. The first-order chi connectivity index (χ1) is 6.31. The van der Waals surface area contributed by atoms with Gasteiger partial charge >= 0.3 is 0 Å². The van der Waals surface area contributed by atoms with Crippen LogP contribution in [0.3, 0.4) is 0 Å². The Morgan fingerprint density at radius 2 is 2.31 bits per heavy atom. The van der Waals surface area contributed by atoms with Gasteiger partial charge in [0.15, 0.2) is 0 Å². The highest BCUT2D eigenvalue weighted by atomic mass is 19.1. The van der Waals surface area contributed by atoms with Gasteiger partial charge in [-0.2, -0.15) is 0 Å². The Bertz CT molecular complexity index is 462. The molecule has 0 atom stereocenters. The van der Waals surface area contributed by atoms with Gasteiger partial charge in [-0.05, 0) is 18.2 Å². The smallest absolute Gasteiger partial charge is 0.125 e. The molecule has 0 bridgehead atoms. The number of hydrogen-bond acceptors (Lipinski definition) is 2. The molecular formula is C9H7FN2O. The van der Waals surface area contributed by atoms with Crippen LogP contribution in [-0.2, 0) is 0 Å². The maximum absolute atomic E-state index is 12.7. The Balaban J connectivity index is 2.68. The lowest BCUT2D eigenvalue weighted by molar-refractivity contribution is 0.322. The SMILES string of the molecule is O/N=C/c1c[nH]c2cc(F)ccc12. The van der Waals surface area contributed by atoms with Gasteiger partial charge in [-0.25, -0.2) is 4.39 Å². The minimum Gasteiger partial charge on any atom is -0.411 e. The molecule has 0 aliphatic rings. The number of benzene rings is 1. The Morgan fingerprint density at radius 1 is 1.46 bits per heavy atom. The van der Waals surface area contributed by atoms with Crippen molar-refractivity contribution in [1.82, 2.24) is 4.98 Å². The zero-order chi connectivity index (χ0) is 9.26. The van der Waals surface area contributed by atoms with E-state index in [9.17, 15) is 4.39 Å². The van der Waals surface area contributed by atoms with Crippen LogP contribution in [-0.4, -0.2) is 16.4 Å². The van der Waals surface area contributed by atoms with Crippen molar-refractivity contribution in [2.75, 3.05) is 0 Å². The van der Waals surface area contributed by atoms with E-state index in [1.807, 2.05) is 0 Å². The number of H-pyrrole nitrogens is 1. The van der Waals surface area contributed by atoms with Crippen molar-refractivity contribution in [3.05, 3.63) is 35.8 Å². The lowest BCUT2D eigenvalue weighted by Crippen LogP contribution is -1.77. The maximum Gasteiger partial charge on any atom is 0.125 e. The van der Waals surface area contributed by atoms with Gasteiger partial charge < -0.3 is 10.2 Å². The second kappa shape index (κ2) is 2.90. The predicted octanol–water partition coefficient (Wildman–Crippen LogP) is 2.12. The van der Waals surface area contributed by atoms with Crippen LogP contribution in [0.2, 0.25) is 0 Å². The fourth-order valence-electron chi connectivity index (χ4n) is 1.29. The van der Waals surface area contributed by atoms with Crippen LogP contribution in [0.1, 0.15) is 5.56 Å². The number of aromatic nitrogens is 1. The van der Waals surface area contributed by atoms with E-state index in [1.165, 1.54) is 18.3 Å². The minimum atomic E-state index is -0.290. The molecule has 0 saturated heterocycles. The molecule has 13 heavy (non-hydrogen) atoms. The molecule has 0 amide bonds. The molecule has 2 rings (SSSR count). The van der Waals surface area contributed by atoms with E-state index in [1.54, 1.807) is 12.3 Å². The number of halogens is 1. The highest BCUT2D eigenvalue weighted by Crippen LogP contribution is 2.17. The Hall–Kier alpha value is -1.84. The number of fused-ring (bicyclic) bond motifs is 1. The van der Waals surface area contributed by atoms with Crippen LogP contribution < -0.4 is 0 Å². The fourth-order valence-corrected chi connectivity index (χ4v) is 1.29. The molecule has 2 N–H and O–H groups in total. The second-order valence-electron chi connectivity index (χ2n) is 2.68. The summed E-state index contributed by atoms with van der Waals surface area (Å²) in [7, 11) is 0. The van der Waals surface area contributed by atoms with E-state index < -0.39 is 0 Å². The van der Waals surface area contributed by atoms with Gasteiger partial charge in [-0.1, -0.05) is 5.16 Å². The van der Waals surface area contributed by atoms with Crippen LogP contribution >= 0.6 is 0 Å². The molecule has 0 aliphatic carbocycles. The van der Waals surface area contributed by atoms with E-state index in [0.29, 0.717) is 5.52 Å². The normalized spacial score (nSPS) is 11.5. The summed E-state index contributed by atoms with van der Waals surface area (Å²) < 4.78 is 12.7. The molecule has 0 unspecified atom stereocenters. The Kier molecular flexibility index (Phi) is 1.73. The van der Waals surface area contributed by atoms with Crippen LogP contribution in [0, 0.1) is 5.82 Å². The number of rotatable bonds is 1. The minimum absolute atomic E-state index is 0.290. The van der Waals surface area contributed by atoms with Crippen LogP contribution in [0.5, 0.6) is 0 Å². The standard InChI is InChI=1S/C9H7FN2O/c10-7-1-2-8-6(5-12-13)4-11-9(8)3-7/h1-5,11,13H/b12-5+. The van der Waals surface area contributed by atoms with Crippen molar-refractivity contribution < 1.29 is 9.60 Å². The summed E-state index contributed by atoms with van der Waals surface area (Å²) in [6.07, 6.45) is 2.96. The van der Waals surface area contributed by atoms with E-state index in [2.05, 4.69) is 10.1 Å². The molecule has 0 saturated carbocycles. The largest absolute Gasteiger partial charge is 0.411 e. The molecular weight excluding hydrogens is 171 g/mol. The highest BCUT2D eigenvalue weighted by molar-refractivity contribution is 5.98. The molecule has 0 aliphatic heterocycles. The third-order valence-electron chi connectivity index (χ3n) is 1.87. The van der Waals surface area contributed by atoms with Crippen molar-refractivity contribution in [2.24, 2.45) is 5.16 Å². The van der Waals surface area contributed by atoms with Gasteiger partial charge in [0, 0.05) is 22.7 Å². The zero-order valence-electron chi connectivity index (χ0n) is 6.66. The molecule has 3 nitrogen and oxygen atoms in total. The van der Waals surface area contributed by atoms with Crippen LogP contribution in [0.4, 0.5) is 4.39 Å². The first-order valence-corrected chi connectivity index (χ1v) is 3.75. The molecule has 0 fully saturated rings. The first kappa shape index (κ1) is 7.79. The van der Waals surface area contributed by atoms with Gasteiger partial charge in [0.2, 0.25) is 0 Å². The van der Waals surface area contributed by atoms with E-state index in [0.717, 1.165) is 10.9 Å². The van der Waals surface area contributed by atoms with Crippen molar-refractivity contribution in [3.8, 4) is 0 Å². The number of hydrogen-bond donors (Lipinski definition) is 2. The van der Waals surface area contributed by atoms with Gasteiger partial charge in [-0.15, -0.1) is 0 Å². The molecule has 0 spiro atoms. The number of nitrogens with one attached hydrogen (secondary N) is 1. The van der Waals surface area contributed by atoms with Crippen molar-refractivity contribution in [2.45, 2.75) is 0 Å². The maximum atomic E-state index is 12.7. The Labute approximate surface area is 73.5 Å². The van der Waals surface area contributed by atoms with Gasteiger partial charge in [0.25, 0.3) is 0 Å². The summed E-state index contributed by atoms with van der Waals surface area (Å²) in [5, 5.41) is 12.1. The molecule has 4 heteroatoms. The topological polar surface area (TPSA) is 48.4 Å². The van der Waals surface area contributed by atoms with E-state index in [-0.39, 0.29) is 5.82 Å². The van der Waals surface area contributed by atoms with Crippen LogP contribution in [0.25, 0.3) is 10.9 Å². The van der Waals surface area contributed by atoms with Gasteiger partial charge in [-0.3, -0.25) is 0 Å². The van der Waals surface area contributed by atoms with E-state index >= 15 is 0 Å². The van der Waals surface area contributed by atoms with Crippen molar-refractivity contribution in [1.29, 1.82) is 0 Å². The quantitative estimate of drug-likeness (QED) is 0.392. The van der Waals surface area contributed by atoms with Crippen molar-refractivity contribution in [3.63, 3.8) is 0 Å². The molecule has 1 heterocycles. The van der Waals surface area contributed by atoms with E-state index in [4.69, 9.17) is 5.21 Å². The number of nitrogens with zero attached hydrogens (tertiary/aromatic N) is 1. The average Bonchev–Trinajstić information content (AvgIpc) is 2.49. The summed E-state index contributed by atoms with van der Waals surface area (Å²) >= 11 is 0. The molecule has 2 aromatic rings. The molecule has 1 aromatic heterocycles. The third kappa shape index (κ3) is 1.26. The summed E-state index contributed by atoms with van der Waals surface area (Å²) in [5.74, 6) is -0.290. The van der Waals surface area contributed by atoms with Crippen molar-refractivity contribution >= 4 is 17.1 Å². The highest BCUT2D eigenvalue weighted by Gasteiger charge is 2.01. The summed E-state index contributed by atoms with van der Waals surface area (Å²) in [6, 6.07) is 4.40. The monoisotopic (exact) mass is 178 g/mol. The second-order valence-corrected chi connectivity index (χ2v) is 2.68. The predicted molar refractivity (Wildman–Crippen MR) is 47.6 cm³/mol. The lowest BCUT2D eigenvalue weighted by atomic mass is 10.2. The average molecular weight is 178 g/mol. The summed E-state index contributed by atoms with van der Waals surface area (Å²) in [6.45, 7) is 0. The fraction of sp³-hybridized carbons (Fsp3) is 0. The Morgan fingerprint density at radius 3 is 3.08 bits per heavy atom. The number of oxime groups is 1. The lowest BCUT2D eigenvalue weighted by Gasteiger charge is -1.90. The zero-order valence-corrected chi connectivity index (χ0v) is 6.66. The van der Waals surface area contributed by atoms with Gasteiger partial charge in [0.05, 0.1) is 6.21 Å². The third-order valence-corrected chi connectivity index (χ3v) is 1.87. The van der Waals surface area contributed by atoms with Gasteiger partial charge in [0.1, 0.15) is 5.82 Å². The molecule has 0 radical (unpaired) electrons. The number of aromatic amines is 1. The first-order valence-electron chi connectivity index (χ1n) is 3.75. The molecule has 66 valence electrons. The van der Waals surface area contributed by atoms with Crippen LogP contribution in [0.15, 0.2) is 29.6 Å².